The first-order valence-electron chi connectivity index (χ1n) is 7.65. The van der Waals surface area contributed by atoms with E-state index in [-0.39, 0.29) is 12.0 Å². The lowest BCUT2D eigenvalue weighted by atomic mass is 9.83. The van der Waals surface area contributed by atoms with Crippen LogP contribution in [0.2, 0.25) is 0 Å². The maximum absolute atomic E-state index is 12.6. The SMILES string of the molecule is CCC1OCCC1C(=O)CC1CCOc2ccccc21. The molecule has 0 bridgehead atoms. The number of ketones is 1. The molecule has 20 heavy (non-hydrogen) atoms. The van der Waals surface area contributed by atoms with E-state index in [4.69, 9.17) is 9.47 Å². The number of carbonyl (C=O) groups excluding carboxylic acids is 1. The zero-order valence-electron chi connectivity index (χ0n) is 12.0. The van der Waals surface area contributed by atoms with Crippen molar-refractivity contribution in [1.82, 2.24) is 0 Å². The van der Waals surface area contributed by atoms with Gasteiger partial charge < -0.3 is 9.47 Å². The number of benzene rings is 1. The first-order valence-corrected chi connectivity index (χ1v) is 7.65. The molecule has 3 rings (SSSR count). The van der Waals surface area contributed by atoms with Crippen LogP contribution in [0.25, 0.3) is 0 Å². The molecule has 108 valence electrons. The van der Waals surface area contributed by atoms with Crippen LogP contribution in [-0.4, -0.2) is 25.1 Å². The van der Waals surface area contributed by atoms with E-state index in [1.165, 1.54) is 5.56 Å². The molecule has 0 aromatic heterocycles. The summed E-state index contributed by atoms with van der Waals surface area (Å²) in [4.78, 5) is 12.6. The maximum atomic E-state index is 12.6. The van der Waals surface area contributed by atoms with Gasteiger partial charge in [-0.3, -0.25) is 4.79 Å². The molecule has 2 aliphatic heterocycles. The van der Waals surface area contributed by atoms with Gasteiger partial charge in [0.25, 0.3) is 0 Å². The minimum atomic E-state index is 0.106. The molecule has 3 heteroatoms. The topological polar surface area (TPSA) is 35.5 Å². The fourth-order valence-electron chi connectivity index (χ4n) is 3.44. The molecule has 3 unspecified atom stereocenters. The van der Waals surface area contributed by atoms with Crippen LogP contribution in [0.4, 0.5) is 0 Å². The molecule has 2 heterocycles. The van der Waals surface area contributed by atoms with E-state index < -0.39 is 0 Å². The first kappa shape index (κ1) is 13.6. The van der Waals surface area contributed by atoms with Crippen molar-refractivity contribution in [3.05, 3.63) is 29.8 Å². The van der Waals surface area contributed by atoms with E-state index in [1.807, 2.05) is 18.2 Å². The van der Waals surface area contributed by atoms with Gasteiger partial charge in [0.05, 0.1) is 12.7 Å². The quantitative estimate of drug-likeness (QED) is 0.845. The summed E-state index contributed by atoms with van der Waals surface area (Å²) in [5.74, 6) is 1.74. The minimum Gasteiger partial charge on any atom is -0.493 e. The predicted molar refractivity (Wildman–Crippen MR) is 77.1 cm³/mol. The zero-order chi connectivity index (χ0) is 13.9. The third-order valence-electron chi connectivity index (χ3n) is 4.56. The van der Waals surface area contributed by atoms with Gasteiger partial charge in [-0.15, -0.1) is 0 Å². The molecule has 0 amide bonds. The average Bonchev–Trinajstić information content (AvgIpc) is 2.96. The van der Waals surface area contributed by atoms with Gasteiger partial charge in [-0.2, -0.15) is 0 Å². The zero-order valence-corrected chi connectivity index (χ0v) is 12.0. The van der Waals surface area contributed by atoms with E-state index >= 15 is 0 Å². The number of hydrogen-bond acceptors (Lipinski definition) is 3. The number of fused-ring (bicyclic) bond motifs is 1. The van der Waals surface area contributed by atoms with E-state index in [9.17, 15) is 4.79 Å². The fourth-order valence-corrected chi connectivity index (χ4v) is 3.44. The fraction of sp³-hybridized carbons (Fsp3) is 0.588. The van der Waals surface area contributed by atoms with Crippen molar-refractivity contribution in [3.8, 4) is 5.75 Å². The van der Waals surface area contributed by atoms with Crippen molar-refractivity contribution < 1.29 is 14.3 Å². The van der Waals surface area contributed by atoms with Crippen LogP contribution in [0, 0.1) is 5.92 Å². The van der Waals surface area contributed by atoms with Gasteiger partial charge in [0.2, 0.25) is 0 Å². The average molecular weight is 274 g/mol. The Hall–Kier alpha value is -1.35. The van der Waals surface area contributed by atoms with Crippen molar-refractivity contribution in [2.75, 3.05) is 13.2 Å². The molecule has 0 aliphatic carbocycles. The molecular formula is C17H22O3. The number of hydrogen-bond donors (Lipinski definition) is 0. The Bertz CT molecular complexity index is 483. The third-order valence-corrected chi connectivity index (χ3v) is 4.56. The minimum absolute atomic E-state index is 0.106. The molecule has 0 spiro atoms. The Balaban J connectivity index is 1.71. The predicted octanol–water partition coefficient (Wildman–Crippen LogP) is 3.33. The summed E-state index contributed by atoms with van der Waals surface area (Å²) >= 11 is 0. The van der Waals surface area contributed by atoms with E-state index in [0.29, 0.717) is 24.7 Å². The van der Waals surface area contributed by atoms with Crippen molar-refractivity contribution in [3.63, 3.8) is 0 Å². The molecule has 1 saturated heterocycles. The summed E-state index contributed by atoms with van der Waals surface area (Å²) in [7, 11) is 0. The number of Topliss-reactive ketones (excluding diaryl/α,β-unsaturated/α-hetero) is 1. The highest BCUT2D eigenvalue weighted by atomic mass is 16.5. The van der Waals surface area contributed by atoms with Crippen LogP contribution >= 0.6 is 0 Å². The highest BCUT2D eigenvalue weighted by Gasteiger charge is 2.34. The van der Waals surface area contributed by atoms with Gasteiger partial charge >= 0.3 is 0 Å². The van der Waals surface area contributed by atoms with Gasteiger partial charge in [-0.05, 0) is 36.8 Å². The van der Waals surface area contributed by atoms with Crippen LogP contribution in [0.3, 0.4) is 0 Å². The Kier molecular flexibility index (Phi) is 4.06. The lowest BCUT2D eigenvalue weighted by Crippen LogP contribution is -2.26. The first-order chi connectivity index (χ1) is 9.79. The Morgan fingerprint density at radius 3 is 2.95 bits per heavy atom. The molecule has 0 radical (unpaired) electrons. The van der Waals surface area contributed by atoms with Crippen molar-refractivity contribution >= 4 is 5.78 Å². The van der Waals surface area contributed by atoms with Crippen molar-refractivity contribution in [2.24, 2.45) is 5.92 Å². The molecule has 1 aromatic rings. The molecule has 1 fully saturated rings. The number of para-hydroxylation sites is 1. The number of ether oxygens (including phenoxy) is 2. The molecule has 0 saturated carbocycles. The second kappa shape index (κ2) is 5.96. The molecule has 3 atom stereocenters. The third kappa shape index (κ3) is 2.59. The maximum Gasteiger partial charge on any atom is 0.139 e. The highest BCUT2D eigenvalue weighted by Crippen LogP contribution is 2.37. The van der Waals surface area contributed by atoms with Crippen LogP contribution < -0.4 is 4.74 Å². The van der Waals surface area contributed by atoms with Crippen LogP contribution in [0.1, 0.15) is 44.1 Å². The van der Waals surface area contributed by atoms with E-state index in [1.54, 1.807) is 0 Å². The van der Waals surface area contributed by atoms with Gasteiger partial charge in [0.15, 0.2) is 0 Å². The summed E-state index contributed by atoms with van der Waals surface area (Å²) in [5, 5.41) is 0. The van der Waals surface area contributed by atoms with Crippen molar-refractivity contribution in [1.29, 1.82) is 0 Å². The largest absolute Gasteiger partial charge is 0.493 e. The van der Waals surface area contributed by atoms with Crippen molar-refractivity contribution in [2.45, 2.75) is 44.6 Å². The van der Waals surface area contributed by atoms with E-state index in [0.717, 1.165) is 31.6 Å². The standard InChI is InChI=1S/C17H22O3/c1-2-16-14(8-10-19-16)15(18)11-12-7-9-20-17-6-4-3-5-13(12)17/h3-6,12,14,16H,2,7-11H2,1H3. The lowest BCUT2D eigenvalue weighted by Gasteiger charge is -2.26. The summed E-state index contributed by atoms with van der Waals surface area (Å²) in [6, 6.07) is 8.11. The monoisotopic (exact) mass is 274 g/mol. The van der Waals surface area contributed by atoms with Gasteiger partial charge in [0, 0.05) is 18.9 Å². The molecule has 0 N–H and O–H groups in total. The summed E-state index contributed by atoms with van der Waals surface area (Å²) < 4.78 is 11.3. The summed E-state index contributed by atoms with van der Waals surface area (Å²) in [6.07, 6.45) is 3.53. The van der Waals surface area contributed by atoms with Gasteiger partial charge in [-0.1, -0.05) is 25.1 Å². The molecular weight excluding hydrogens is 252 g/mol. The Morgan fingerprint density at radius 2 is 2.10 bits per heavy atom. The second-order valence-electron chi connectivity index (χ2n) is 5.75. The lowest BCUT2D eigenvalue weighted by molar-refractivity contribution is -0.125. The highest BCUT2D eigenvalue weighted by molar-refractivity contribution is 5.82. The second-order valence-corrected chi connectivity index (χ2v) is 5.75. The Labute approximate surface area is 120 Å². The van der Waals surface area contributed by atoms with Gasteiger partial charge in [0.1, 0.15) is 11.5 Å². The van der Waals surface area contributed by atoms with Crippen LogP contribution in [0.15, 0.2) is 24.3 Å². The number of carbonyl (C=O) groups is 1. The number of rotatable bonds is 4. The van der Waals surface area contributed by atoms with Crippen LogP contribution in [-0.2, 0) is 9.53 Å². The Morgan fingerprint density at radius 1 is 1.25 bits per heavy atom. The summed E-state index contributed by atoms with van der Waals surface area (Å²) in [5.41, 5.74) is 1.19. The van der Waals surface area contributed by atoms with Crippen LogP contribution in [0.5, 0.6) is 5.75 Å². The normalized spacial score (nSPS) is 28.8. The summed E-state index contributed by atoms with van der Waals surface area (Å²) in [6.45, 7) is 3.55. The van der Waals surface area contributed by atoms with E-state index in [2.05, 4.69) is 13.0 Å². The molecule has 2 aliphatic rings. The smallest absolute Gasteiger partial charge is 0.139 e. The van der Waals surface area contributed by atoms with Gasteiger partial charge in [-0.25, -0.2) is 0 Å². The molecule has 1 aromatic carbocycles. The molecule has 3 nitrogen and oxygen atoms in total.